The lowest BCUT2D eigenvalue weighted by Crippen LogP contribution is -2.41. The number of nitrogens with one attached hydrogen (secondary N) is 1. The minimum atomic E-state index is -0.854. The maximum absolute atomic E-state index is 12.6. The second-order valence-electron chi connectivity index (χ2n) is 7.16. The molecule has 0 aliphatic rings. The summed E-state index contributed by atoms with van der Waals surface area (Å²) >= 11 is 0. The third-order valence-electron chi connectivity index (χ3n) is 4.64. The van der Waals surface area contributed by atoms with Crippen molar-refractivity contribution in [3.63, 3.8) is 0 Å². The Morgan fingerprint density at radius 2 is 1.74 bits per heavy atom. The Morgan fingerprint density at radius 1 is 1.00 bits per heavy atom. The first kappa shape index (κ1) is 21.8. The van der Waals surface area contributed by atoms with Crippen LogP contribution in [-0.2, 0) is 27.4 Å². The molecule has 8 heteroatoms. The normalized spacial score (nSPS) is 10.5. The lowest BCUT2D eigenvalue weighted by Gasteiger charge is -2.11. The number of nitrogens with zero attached hydrogens (tertiary/aromatic N) is 2. The van der Waals surface area contributed by atoms with E-state index < -0.39 is 36.3 Å². The molecule has 8 nitrogen and oxygen atoms in total. The Bertz CT molecular complexity index is 1210. The molecule has 3 rings (SSSR count). The highest BCUT2D eigenvalue weighted by molar-refractivity contribution is 5.93. The van der Waals surface area contributed by atoms with Crippen LogP contribution in [0.4, 0.5) is 5.69 Å². The molecule has 0 radical (unpaired) electrons. The van der Waals surface area contributed by atoms with Gasteiger partial charge in [0.25, 0.3) is 11.5 Å². The molecule has 0 aliphatic heterocycles. The van der Waals surface area contributed by atoms with Crippen molar-refractivity contribution in [2.45, 2.75) is 26.9 Å². The van der Waals surface area contributed by atoms with E-state index >= 15 is 0 Å². The predicted molar refractivity (Wildman–Crippen MR) is 116 cm³/mol. The van der Waals surface area contributed by atoms with Gasteiger partial charge < -0.3 is 10.1 Å². The van der Waals surface area contributed by atoms with E-state index in [2.05, 4.69) is 5.32 Å². The molecule has 0 saturated heterocycles. The summed E-state index contributed by atoms with van der Waals surface area (Å²) in [4.78, 5) is 48.9. The molecule has 2 aromatic carbocycles. The second-order valence-corrected chi connectivity index (χ2v) is 7.16. The maximum Gasteiger partial charge on any atom is 0.331 e. The van der Waals surface area contributed by atoms with Crippen molar-refractivity contribution in [2.75, 3.05) is 11.9 Å². The van der Waals surface area contributed by atoms with Crippen LogP contribution < -0.4 is 16.6 Å². The van der Waals surface area contributed by atoms with E-state index in [-0.39, 0.29) is 6.54 Å². The maximum atomic E-state index is 12.6. The molecule has 0 saturated carbocycles. The molecule has 0 fully saturated rings. The monoisotopic (exact) mass is 421 g/mol. The van der Waals surface area contributed by atoms with Crippen molar-refractivity contribution in [1.29, 1.82) is 0 Å². The summed E-state index contributed by atoms with van der Waals surface area (Å²) < 4.78 is 7.07. The number of benzene rings is 2. The third kappa shape index (κ3) is 5.79. The molecule has 0 spiro atoms. The average molecular weight is 421 g/mol. The molecular formula is C23H23N3O5. The van der Waals surface area contributed by atoms with E-state index in [0.29, 0.717) is 5.69 Å². The van der Waals surface area contributed by atoms with Gasteiger partial charge in [-0.1, -0.05) is 48.0 Å². The third-order valence-corrected chi connectivity index (χ3v) is 4.64. The Balaban J connectivity index is 1.62. The molecule has 1 aromatic heterocycles. The summed E-state index contributed by atoms with van der Waals surface area (Å²) in [6.45, 7) is 2.96. The van der Waals surface area contributed by atoms with Gasteiger partial charge >= 0.3 is 11.7 Å². The zero-order valence-corrected chi connectivity index (χ0v) is 17.3. The van der Waals surface area contributed by atoms with Gasteiger partial charge in [-0.05, 0) is 31.0 Å². The Kier molecular flexibility index (Phi) is 6.81. The number of hydrogen-bond donors (Lipinski definition) is 1. The number of amides is 1. The summed E-state index contributed by atoms with van der Waals surface area (Å²) in [6.07, 6.45) is 1.39. The van der Waals surface area contributed by atoms with Crippen LogP contribution in [0.3, 0.4) is 0 Å². The first-order chi connectivity index (χ1) is 14.8. The number of anilines is 1. The highest BCUT2D eigenvalue weighted by Crippen LogP contribution is 2.15. The number of carbonyl (C=O) groups excluding carboxylic acids is 2. The van der Waals surface area contributed by atoms with E-state index in [0.717, 1.165) is 21.3 Å². The molecule has 0 aliphatic carbocycles. The number of esters is 1. The molecular weight excluding hydrogens is 398 g/mol. The summed E-state index contributed by atoms with van der Waals surface area (Å²) in [6, 6.07) is 16.0. The Labute approximate surface area is 178 Å². The van der Waals surface area contributed by atoms with Crippen LogP contribution in [0.15, 0.2) is 70.4 Å². The number of ether oxygens (including phenoxy) is 1. The molecule has 1 N–H and O–H groups in total. The fourth-order valence-electron chi connectivity index (χ4n) is 3.06. The fourth-order valence-corrected chi connectivity index (χ4v) is 3.06. The average Bonchev–Trinajstić information content (AvgIpc) is 2.74. The lowest BCUT2D eigenvalue weighted by atomic mass is 10.1. The van der Waals surface area contributed by atoms with Crippen molar-refractivity contribution in [3.8, 4) is 0 Å². The Hall–Kier alpha value is -3.94. The summed E-state index contributed by atoms with van der Waals surface area (Å²) in [5.41, 5.74) is 2.19. The minimum Gasteiger partial charge on any atom is -0.454 e. The summed E-state index contributed by atoms with van der Waals surface area (Å²) in [5, 5.41) is 2.67. The van der Waals surface area contributed by atoms with Crippen LogP contribution in [-0.4, -0.2) is 27.6 Å². The molecule has 1 amide bonds. The van der Waals surface area contributed by atoms with Gasteiger partial charge in [0.1, 0.15) is 6.54 Å². The van der Waals surface area contributed by atoms with Gasteiger partial charge in [-0.25, -0.2) is 9.36 Å². The predicted octanol–water partition coefficient (Wildman–Crippen LogP) is 1.86. The van der Waals surface area contributed by atoms with Gasteiger partial charge in [-0.2, -0.15) is 0 Å². The van der Waals surface area contributed by atoms with Crippen molar-refractivity contribution in [2.24, 2.45) is 0 Å². The van der Waals surface area contributed by atoms with E-state index in [1.807, 2.05) is 56.3 Å². The SMILES string of the molecule is Cc1ccc(NC(=O)COC(=O)Cn2c(=O)ccn(Cc3ccccc3)c2=O)c(C)c1. The number of rotatable bonds is 7. The smallest absolute Gasteiger partial charge is 0.331 e. The van der Waals surface area contributed by atoms with E-state index in [4.69, 9.17) is 4.74 Å². The van der Waals surface area contributed by atoms with Crippen LogP contribution in [0.2, 0.25) is 0 Å². The molecule has 1 heterocycles. The fraction of sp³-hybridized carbons (Fsp3) is 0.217. The second kappa shape index (κ2) is 9.71. The molecule has 31 heavy (non-hydrogen) atoms. The number of hydrogen-bond acceptors (Lipinski definition) is 5. The summed E-state index contributed by atoms with van der Waals surface area (Å²) in [5.74, 6) is -1.37. The first-order valence-electron chi connectivity index (χ1n) is 9.70. The first-order valence-corrected chi connectivity index (χ1v) is 9.70. The largest absolute Gasteiger partial charge is 0.454 e. The van der Waals surface area contributed by atoms with Crippen molar-refractivity contribution < 1.29 is 14.3 Å². The van der Waals surface area contributed by atoms with Crippen molar-refractivity contribution in [1.82, 2.24) is 9.13 Å². The van der Waals surface area contributed by atoms with Crippen molar-refractivity contribution in [3.05, 3.63) is 98.3 Å². The van der Waals surface area contributed by atoms with Gasteiger partial charge in [0.2, 0.25) is 0 Å². The van der Waals surface area contributed by atoms with E-state index in [1.165, 1.54) is 16.8 Å². The van der Waals surface area contributed by atoms with Crippen molar-refractivity contribution >= 4 is 17.6 Å². The standard InChI is InChI=1S/C23H23N3O5/c1-16-8-9-19(17(2)12-16)24-20(27)15-31-22(29)14-26-21(28)10-11-25(23(26)30)13-18-6-4-3-5-7-18/h3-12H,13-15H2,1-2H3,(H,24,27). The van der Waals surface area contributed by atoms with Gasteiger partial charge in [-0.15, -0.1) is 0 Å². The molecule has 3 aromatic rings. The zero-order valence-electron chi connectivity index (χ0n) is 17.3. The minimum absolute atomic E-state index is 0.257. The zero-order chi connectivity index (χ0) is 22.4. The van der Waals surface area contributed by atoms with E-state index in [9.17, 15) is 19.2 Å². The van der Waals surface area contributed by atoms with Crippen LogP contribution in [0.25, 0.3) is 0 Å². The van der Waals surface area contributed by atoms with Gasteiger partial charge in [0.05, 0.1) is 6.54 Å². The lowest BCUT2D eigenvalue weighted by molar-refractivity contribution is -0.148. The molecule has 0 atom stereocenters. The van der Waals surface area contributed by atoms with Gasteiger partial charge in [-0.3, -0.25) is 19.0 Å². The molecule has 0 unspecified atom stereocenters. The molecule has 160 valence electrons. The van der Waals surface area contributed by atoms with Gasteiger partial charge in [0.15, 0.2) is 6.61 Å². The Morgan fingerprint density at radius 3 is 2.45 bits per heavy atom. The van der Waals surface area contributed by atoms with Gasteiger partial charge in [0, 0.05) is 18.0 Å². The highest BCUT2D eigenvalue weighted by atomic mass is 16.5. The number of aryl methyl sites for hydroxylation is 2. The van der Waals surface area contributed by atoms with Crippen LogP contribution in [0, 0.1) is 13.8 Å². The number of carbonyl (C=O) groups is 2. The summed E-state index contributed by atoms with van der Waals surface area (Å²) in [7, 11) is 0. The van der Waals surface area contributed by atoms with Crippen LogP contribution in [0.1, 0.15) is 16.7 Å². The van der Waals surface area contributed by atoms with Crippen LogP contribution >= 0.6 is 0 Å². The quantitative estimate of drug-likeness (QED) is 0.587. The van der Waals surface area contributed by atoms with E-state index in [1.54, 1.807) is 6.07 Å². The highest BCUT2D eigenvalue weighted by Gasteiger charge is 2.13. The topological polar surface area (TPSA) is 99.4 Å². The van der Waals surface area contributed by atoms with Crippen LogP contribution in [0.5, 0.6) is 0 Å². The molecule has 0 bridgehead atoms. The number of aromatic nitrogens is 2.